The molecule has 0 saturated heterocycles. The molecule has 2 atom stereocenters. The number of pyridine rings is 2. The first-order valence-corrected chi connectivity index (χ1v) is 10.3. The minimum Gasteiger partial charge on any atom is -0.506 e. The summed E-state index contributed by atoms with van der Waals surface area (Å²) in [4.78, 5) is 13.6. The molecular formula is C24H25N3O3. The van der Waals surface area contributed by atoms with Crippen LogP contribution >= 0.6 is 0 Å². The number of aromatic hydroxyl groups is 1. The molecule has 1 saturated carbocycles. The molecule has 0 radical (unpaired) electrons. The smallest absolute Gasteiger partial charge is 0.220 e. The number of phenols is 1. The molecule has 1 aliphatic heterocycles. The normalized spacial score (nSPS) is 22.3. The van der Waals surface area contributed by atoms with Gasteiger partial charge in [0.1, 0.15) is 23.1 Å². The molecule has 6 nitrogen and oxygen atoms in total. The van der Waals surface area contributed by atoms with Gasteiger partial charge in [-0.2, -0.15) is 0 Å². The van der Waals surface area contributed by atoms with E-state index in [2.05, 4.69) is 23.8 Å². The van der Waals surface area contributed by atoms with Gasteiger partial charge in [0.25, 0.3) is 0 Å². The van der Waals surface area contributed by atoms with Crippen LogP contribution in [-0.4, -0.2) is 33.1 Å². The molecule has 1 aromatic carbocycles. The molecule has 2 aromatic heterocycles. The van der Waals surface area contributed by atoms with Crippen LogP contribution in [0.25, 0.3) is 10.9 Å². The monoisotopic (exact) mass is 403 g/mol. The molecule has 1 fully saturated rings. The average molecular weight is 403 g/mol. The quantitative estimate of drug-likeness (QED) is 0.654. The number of nitrogens with zero attached hydrogens (tertiary/aromatic N) is 3. The van der Waals surface area contributed by atoms with Crippen molar-refractivity contribution in [2.24, 2.45) is 10.4 Å². The Balaban J connectivity index is 1.38. The van der Waals surface area contributed by atoms with E-state index in [0.717, 1.165) is 35.8 Å². The Hall–Kier alpha value is -3.15. The Labute approximate surface area is 175 Å². The lowest BCUT2D eigenvalue weighted by atomic mass is 9.74. The second-order valence-corrected chi connectivity index (χ2v) is 9.08. The summed E-state index contributed by atoms with van der Waals surface area (Å²) in [5.74, 6) is 1.72. The van der Waals surface area contributed by atoms with E-state index >= 15 is 0 Å². The Morgan fingerprint density at radius 1 is 1.17 bits per heavy atom. The largest absolute Gasteiger partial charge is 0.506 e. The van der Waals surface area contributed by atoms with Crippen molar-refractivity contribution in [3.8, 4) is 17.4 Å². The first-order chi connectivity index (χ1) is 14.4. The van der Waals surface area contributed by atoms with Crippen molar-refractivity contribution in [2.75, 3.05) is 0 Å². The first kappa shape index (κ1) is 18.9. The Bertz CT molecular complexity index is 1160. The number of ether oxygens (including phenoxy) is 2. The second kappa shape index (κ2) is 6.97. The van der Waals surface area contributed by atoms with Gasteiger partial charge < -0.3 is 14.6 Å². The molecule has 0 amide bonds. The second-order valence-electron chi connectivity index (χ2n) is 9.08. The number of aryl methyl sites for hydroxylation is 1. The zero-order valence-electron chi connectivity index (χ0n) is 17.4. The molecule has 3 heterocycles. The molecule has 1 N–H and O–H groups in total. The average Bonchev–Trinajstić information content (AvgIpc) is 3.11. The van der Waals surface area contributed by atoms with Gasteiger partial charge in [-0.15, -0.1) is 0 Å². The summed E-state index contributed by atoms with van der Waals surface area (Å²) >= 11 is 0. The Morgan fingerprint density at radius 3 is 2.90 bits per heavy atom. The van der Waals surface area contributed by atoms with E-state index in [9.17, 15) is 5.11 Å². The number of fused-ring (bicyclic) bond motifs is 2. The molecule has 6 heteroatoms. The van der Waals surface area contributed by atoms with Crippen LogP contribution in [0.1, 0.15) is 44.2 Å². The Kier molecular flexibility index (Phi) is 4.38. The topological polar surface area (TPSA) is 76.8 Å². The minimum absolute atomic E-state index is 0.140. The molecule has 3 aromatic rings. The number of phenolic OH excluding ortho intramolecular Hbond substituents is 1. The van der Waals surface area contributed by atoms with Crippen LogP contribution in [0.5, 0.6) is 17.4 Å². The van der Waals surface area contributed by atoms with Crippen LogP contribution in [0.2, 0.25) is 0 Å². The fourth-order valence-corrected chi connectivity index (χ4v) is 4.36. The molecule has 2 aliphatic rings. The lowest BCUT2D eigenvalue weighted by Gasteiger charge is -2.35. The van der Waals surface area contributed by atoms with Crippen LogP contribution in [0.4, 0.5) is 0 Å². The molecule has 30 heavy (non-hydrogen) atoms. The fourth-order valence-electron chi connectivity index (χ4n) is 4.36. The minimum atomic E-state index is 0.140. The summed E-state index contributed by atoms with van der Waals surface area (Å²) < 4.78 is 12.1. The molecule has 154 valence electrons. The molecule has 1 aliphatic carbocycles. The summed E-state index contributed by atoms with van der Waals surface area (Å²) in [5.41, 5.74) is 2.59. The first-order valence-electron chi connectivity index (χ1n) is 10.3. The van der Waals surface area contributed by atoms with Crippen LogP contribution in [0, 0.1) is 12.3 Å². The standard InChI is InChI=1S/C24H25N3O3/c1-14-8-15-4-5-21(27-22(15)19(28)9-14)29-17-10-16(12-25-13-17)23-26-18-6-7-24(2,3)11-20(18)30-23/h4-5,8-10,12-13,18,20,28H,6-7,11H2,1-3H3/t18-,20-/m0/s1. The number of hydrogen-bond donors (Lipinski definition) is 1. The van der Waals surface area contributed by atoms with Gasteiger partial charge in [-0.05, 0) is 61.4 Å². The molecule has 0 spiro atoms. The van der Waals surface area contributed by atoms with E-state index in [1.165, 1.54) is 0 Å². The summed E-state index contributed by atoms with van der Waals surface area (Å²) in [6.45, 7) is 6.51. The highest BCUT2D eigenvalue weighted by molar-refractivity contribution is 5.95. The van der Waals surface area contributed by atoms with Gasteiger partial charge >= 0.3 is 0 Å². The van der Waals surface area contributed by atoms with Gasteiger partial charge in [-0.1, -0.05) is 13.8 Å². The predicted octanol–water partition coefficient (Wildman–Crippen LogP) is 5.16. The van der Waals surface area contributed by atoms with E-state index in [1.54, 1.807) is 24.5 Å². The van der Waals surface area contributed by atoms with E-state index in [0.29, 0.717) is 28.5 Å². The van der Waals surface area contributed by atoms with Crippen LogP contribution in [0.3, 0.4) is 0 Å². The summed E-state index contributed by atoms with van der Waals surface area (Å²) in [7, 11) is 0. The SMILES string of the molecule is Cc1cc(O)c2nc(Oc3cncc(C4=N[C@H]5CCC(C)(C)C[C@@H]5O4)c3)ccc2c1. The third-order valence-corrected chi connectivity index (χ3v) is 5.92. The highest BCUT2D eigenvalue weighted by Crippen LogP contribution is 2.40. The number of benzene rings is 1. The maximum atomic E-state index is 10.2. The van der Waals surface area contributed by atoms with E-state index in [4.69, 9.17) is 14.5 Å². The van der Waals surface area contributed by atoms with Crippen LogP contribution < -0.4 is 4.74 Å². The van der Waals surface area contributed by atoms with Gasteiger partial charge in [-0.25, -0.2) is 9.98 Å². The highest BCUT2D eigenvalue weighted by Gasteiger charge is 2.40. The van der Waals surface area contributed by atoms with E-state index < -0.39 is 0 Å². The number of hydrogen-bond acceptors (Lipinski definition) is 6. The van der Waals surface area contributed by atoms with Gasteiger partial charge in [0.15, 0.2) is 0 Å². The fraction of sp³-hybridized carbons (Fsp3) is 0.375. The third kappa shape index (κ3) is 3.58. The van der Waals surface area contributed by atoms with Gasteiger partial charge in [0, 0.05) is 17.6 Å². The lowest BCUT2D eigenvalue weighted by molar-refractivity contribution is 0.0816. The number of aromatic nitrogens is 2. The van der Waals surface area contributed by atoms with E-state index in [-0.39, 0.29) is 17.9 Å². The lowest BCUT2D eigenvalue weighted by Crippen LogP contribution is -2.35. The van der Waals surface area contributed by atoms with Gasteiger partial charge in [0.2, 0.25) is 11.8 Å². The molecule has 5 rings (SSSR count). The third-order valence-electron chi connectivity index (χ3n) is 5.92. The van der Waals surface area contributed by atoms with Gasteiger partial charge in [0.05, 0.1) is 17.8 Å². The van der Waals surface area contributed by atoms with Crippen LogP contribution in [-0.2, 0) is 4.74 Å². The zero-order chi connectivity index (χ0) is 20.9. The van der Waals surface area contributed by atoms with Crippen molar-refractivity contribution < 1.29 is 14.6 Å². The van der Waals surface area contributed by atoms with Crippen molar-refractivity contribution in [3.05, 3.63) is 53.9 Å². The summed E-state index contributed by atoms with van der Waals surface area (Å²) in [5, 5.41) is 11.1. The van der Waals surface area contributed by atoms with Crippen molar-refractivity contribution in [3.63, 3.8) is 0 Å². The van der Waals surface area contributed by atoms with Gasteiger partial charge in [-0.3, -0.25) is 4.98 Å². The number of rotatable bonds is 3. The molecule has 0 bridgehead atoms. The predicted molar refractivity (Wildman–Crippen MR) is 115 cm³/mol. The highest BCUT2D eigenvalue weighted by atomic mass is 16.5. The Morgan fingerprint density at radius 2 is 2.03 bits per heavy atom. The van der Waals surface area contributed by atoms with Crippen LogP contribution in [0.15, 0.2) is 47.7 Å². The van der Waals surface area contributed by atoms with Crippen molar-refractivity contribution in [1.82, 2.24) is 9.97 Å². The molecule has 0 unspecified atom stereocenters. The summed E-state index contributed by atoms with van der Waals surface area (Å²) in [6, 6.07) is 9.44. The van der Waals surface area contributed by atoms with E-state index in [1.807, 2.05) is 25.1 Å². The maximum Gasteiger partial charge on any atom is 0.220 e. The van der Waals surface area contributed by atoms with Crippen molar-refractivity contribution >= 4 is 16.8 Å². The van der Waals surface area contributed by atoms with Crippen molar-refractivity contribution in [2.45, 2.75) is 52.2 Å². The summed E-state index contributed by atoms with van der Waals surface area (Å²) in [6.07, 6.45) is 6.75. The number of aliphatic imine (C=N–C) groups is 1. The zero-order valence-corrected chi connectivity index (χ0v) is 17.4. The van der Waals surface area contributed by atoms with Crippen molar-refractivity contribution in [1.29, 1.82) is 0 Å². The molecular weight excluding hydrogens is 378 g/mol. The maximum absolute atomic E-state index is 10.2.